The Hall–Kier alpha value is -0.830. The normalized spacial score (nSPS) is 33.4. The van der Waals surface area contributed by atoms with Crippen LogP contribution in [0.25, 0.3) is 0 Å². The van der Waals surface area contributed by atoms with Crippen molar-refractivity contribution in [2.75, 3.05) is 0 Å². The standard InChI is InChI=1S/C13H20O3/c1-8(2)15-9(3)16-13(14)12-7-10-4-5-11(12)6-10/h4-5,8-12H,6-7H2,1-3H3. The maximum atomic E-state index is 11.9. The molecule has 2 rings (SSSR count). The lowest BCUT2D eigenvalue weighted by atomic mass is 9.94. The number of ether oxygens (including phenoxy) is 2. The highest BCUT2D eigenvalue weighted by atomic mass is 16.7. The van der Waals surface area contributed by atoms with Crippen molar-refractivity contribution in [1.82, 2.24) is 0 Å². The minimum Gasteiger partial charge on any atom is -0.436 e. The summed E-state index contributed by atoms with van der Waals surface area (Å²) in [6, 6.07) is 0. The molecule has 0 radical (unpaired) electrons. The summed E-state index contributed by atoms with van der Waals surface area (Å²) in [5.41, 5.74) is 0. The van der Waals surface area contributed by atoms with Crippen LogP contribution in [0.5, 0.6) is 0 Å². The van der Waals surface area contributed by atoms with E-state index < -0.39 is 6.29 Å². The van der Waals surface area contributed by atoms with E-state index in [-0.39, 0.29) is 18.0 Å². The van der Waals surface area contributed by atoms with Crippen LogP contribution in [0, 0.1) is 17.8 Å². The molecule has 0 amide bonds. The molecule has 2 aliphatic rings. The summed E-state index contributed by atoms with van der Waals surface area (Å²) in [4.78, 5) is 11.9. The second-order valence-corrected chi connectivity index (χ2v) is 5.08. The number of carbonyl (C=O) groups excluding carboxylic acids is 1. The van der Waals surface area contributed by atoms with Gasteiger partial charge in [-0.3, -0.25) is 4.79 Å². The van der Waals surface area contributed by atoms with E-state index in [4.69, 9.17) is 9.47 Å². The SMILES string of the molecule is CC(C)OC(C)OC(=O)C1CC2C=CC1C2. The van der Waals surface area contributed by atoms with Crippen LogP contribution < -0.4 is 0 Å². The number of rotatable bonds is 4. The Morgan fingerprint density at radius 1 is 1.25 bits per heavy atom. The molecule has 4 atom stereocenters. The number of fused-ring (bicyclic) bond motifs is 2. The lowest BCUT2D eigenvalue weighted by molar-refractivity contribution is -0.186. The Morgan fingerprint density at radius 2 is 2.00 bits per heavy atom. The minimum atomic E-state index is -0.435. The van der Waals surface area contributed by atoms with E-state index in [0.717, 1.165) is 12.8 Å². The predicted octanol–water partition coefficient (Wildman–Crippen LogP) is 2.51. The third-order valence-electron chi connectivity index (χ3n) is 3.33. The molecule has 2 aliphatic carbocycles. The molecule has 16 heavy (non-hydrogen) atoms. The zero-order chi connectivity index (χ0) is 11.7. The summed E-state index contributed by atoms with van der Waals surface area (Å²) < 4.78 is 10.7. The Bertz CT molecular complexity index is 296. The van der Waals surface area contributed by atoms with Gasteiger partial charge in [0.25, 0.3) is 0 Å². The highest BCUT2D eigenvalue weighted by Gasteiger charge is 2.41. The molecule has 1 saturated carbocycles. The molecule has 3 heteroatoms. The van der Waals surface area contributed by atoms with Gasteiger partial charge in [-0.2, -0.15) is 0 Å². The van der Waals surface area contributed by atoms with Crippen molar-refractivity contribution in [3.8, 4) is 0 Å². The number of hydrogen-bond acceptors (Lipinski definition) is 3. The van der Waals surface area contributed by atoms with Crippen molar-refractivity contribution < 1.29 is 14.3 Å². The minimum absolute atomic E-state index is 0.0632. The van der Waals surface area contributed by atoms with Crippen molar-refractivity contribution in [2.45, 2.75) is 46.0 Å². The largest absolute Gasteiger partial charge is 0.436 e. The fraction of sp³-hybridized carbons (Fsp3) is 0.769. The van der Waals surface area contributed by atoms with E-state index in [2.05, 4.69) is 12.2 Å². The van der Waals surface area contributed by atoms with Gasteiger partial charge >= 0.3 is 5.97 Å². The molecule has 90 valence electrons. The van der Waals surface area contributed by atoms with Crippen LogP contribution >= 0.6 is 0 Å². The Morgan fingerprint density at radius 3 is 2.50 bits per heavy atom. The number of allylic oxidation sites excluding steroid dienone is 2. The molecule has 4 unspecified atom stereocenters. The van der Waals surface area contributed by atoms with Crippen LogP contribution in [0.1, 0.15) is 33.6 Å². The van der Waals surface area contributed by atoms with Crippen LogP contribution in [0.3, 0.4) is 0 Å². The Balaban J connectivity index is 1.82. The second kappa shape index (κ2) is 4.58. The van der Waals surface area contributed by atoms with Crippen molar-refractivity contribution in [1.29, 1.82) is 0 Å². The molecule has 0 aromatic carbocycles. The first-order chi connectivity index (χ1) is 7.56. The summed E-state index contributed by atoms with van der Waals surface area (Å²) in [7, 11) is 0. The fourth-order valence-corrected chi connectivity index (χ4v) is 2.71. The predicted molar refractivity (Wildman–Crippen MR) is 60.6 cm³/mol. The Kier molecular flexibility index (Phi) is 3.33. The quantitative estimate of drug-likeness (QED) is 0.418. The third-order valence-corrected chi connectivity index (χ3v) is 3.33. The van der Waals surface area contributed by atoms with Crippen molar-refractivity contribution in [3.05, 3.63) is 12.2 Å². The van der Waals surface area contributed by atoms with Crippen molar-refractivity contribution in [2.24, 2.45) is 17.8 Å². The first kappa shape index (κ1) is 11.6. The molecule has 3 nitrogen and oxygen atoms in total. The van der Waals surface area contributed by atoms with E-state index in [1.165, 1.54) is 0 Å². The molecular formula is C13H20O3. The highest BCUT2D eigenvalue weighted by molar-refractivity contribution is 5.74. The topological polar surface area (TPSA) is 35.5 Å². The molecule has 0 aromatic heterocycles. The van der Waals surface area contributed by atoms with Crippen LogP contribution in [0.15, 0.2) is 12.2 Å². The second-order valence-electron chi connectivity index (χ2n) is 5.08. The Labute approximate surface area is 96.8 Å². The van der Waals surface area contributed by atoms with Gasteiger partial charge in [0.05, 0.1) is 12.0 Å². The molecule has 0 saturated heterocycles. The van der Waals surface area contributed by atoms with Crippen LogP contribution in [0.2, 0.25) is 0 Å². The molecule has 0 N–H and O–H groups in total. The summed E-state index contributed by atoms with van der Waals surface area (Å²) >= 11 is 0. The number of esters is 1. The average Bonchev–Trinajstić information content (AvgIpc) is 2.76. The molecule has 0 spiro atoms. The van der Waals surface area contributed by atoms with Gasteiger partial charge in [-0.1, -0.05) is 12.2 Å². The zero-order valence-corrected chi connectivity index (χ0v) is 10.2. The smallest absolute Gasteiger partial charge is 0.311 e. The zero-order valence-electron chi connectivity index (χ0n) is 10.2. The van der Waals surface area contributed by atoms with Gasteiger partial charge in [0.15, 0.2) is 6.29 Å². The highest BCUT2D eigenvalue weighted by Crippen LogP contribution is 2.43. The van der Waals surface area contributed by atoms with Crippen LogP contribution in [0.4, 0.5) is 0 Å². The van der Waals surface area contributed by atoms with Crippen molar-refractivity contribution in [3.63, 3.8) is 0 Å². The first-order valence-electron chi connectivity index (χ1n) is 6.10. The van der Waals surface area contributed by atoms with E-state index >= 15 is 0 Å². The van der Waals surface area contributed by atoms with Crippen LogP contribution in [-0.4, -0.2) is 18.4 Å². The first-order valence-corrected chi connectivity index (χ1v) is 6.10. The lowest BCUT2D eigenvalue weighted by Crippen LogP contribution is -2.28. The molecule has 0 aromatic rings. The van der Waals surface area contributed by atoms with Gasteiger partial charge in [-0.15, -0.1) is 0 Å². The monoisotopic (exact) mass is 224 g/mol. The van der Waals surface area contributed by atoms with E-state index in [1.807, 2.05) is 13.8 Å². The third kappa shape index (κ3) is 2.46. The van der Waals surface area contributed by atoms with Gasteiger partial charge < -0.3 is 9.47 Å². The van der Waals surface area contributed by atoms with Crippen LogP contribution in [-0.2, 0) is 14.3 Å². The lowest BCUT2D eigenvalue weighted by Gasteiger charge is -2.21. The summed E-state index contributed by atoms with van der Waals surface area (Å²) in [5.74, 6) is 0.978. The number of hydrogen-bond donors (Lipinski definition) is 0. The molecular weight excluding hydrogens is 204 g/mol. The molecule has 1 fully saturated rings. The van der Waals surface area contributed by atoms with E-state index in [1.54, 1.807) is 6.92 Å². The van der Waals surface area contributed by atoms with Gasteiger partial charge in [-0.05, 0) is 45.4 Å². The molecule has 2 bridgehead atoms. The van der Waals surface area contributed by atoms with Gasteiger partial charge in [-0.25, -0.2) is 0 Å². The number of carbonyl (C=O) groups is 1. The van der Waals surface area contributed by atoms with Gasteiger partial charge in [0.1, 0.15) is 0 Å². The summed E-state index contributed by atoms with van der Waals surface area (Å²) in [6.07, 6.45) is 6.11. The molecule has 0 heterocycles. The summed E-state index contributed by atoms with van der Waals surface area (Å²) in [6.45, 7) is 5.65. The molecule has 0 aliphatic heterocycles. The maximum Gasteiger partial charge on any atom is 0.311 e. The van der Waals surface area contributed by atoms with Crippen molar-refractivity contribution >= 4 is 5.97 Å². The average molecular weight is 224 g/mol. The fourth-order valence-electron chi connectivity index (χ4n) is 2.71. The van der Waals surface area contributed by atoms with E-state index in [9.17, 15) is 4.79 Å². The van der Waals surface area contributed by atoms with Gasteiger partial charge in [0, 0.05) is 0 Å². The van der Waals surface area contributed by atoms with Gasteiger partial charge in [0.2, 0.25) is 0 Å². The van der Waals surface area contributed by atoms with E-state index in [0.29, 0.717) is 11.8 Å². The summed E-state index contributed by atoms with van der Waals surface area (Å²) in [5, 5.41) is 0. The maximum absolute atomic E-state index is 11.9.